The molecule has 3 heterocycles. The van der Waals surface area contributed by atoms with Crippen LogP contribution in [0, 0.1) is 12.7 Å². The summed E-state index contributed by atoms with van der Waals surface area (Å²) in [6.07, 6.45) is 2.81. The molecule has 0 atom stereocenters. The van der Waals surface area contributed by atoms with Gasteiger partial charge in [0.2, 0.25) is 0 Å². The van der Waals surface area contributed by atoms with Crippen LogP contribution >= 0.6 is 0 Å². The van der Waals surface area contributed by atoms with Crippen LogP contribution in [0.2, 0.25) is 0 Å². The first-order valence-electron chi connectivity index (χ1n) is 12.1. The molecule has 0 spiro atoms. The molecule has 0 fully saturated rings. The summed E-state index contributed by atoms with van der Waals surface area (Å²) in [7, 11) is 1.28. The van der Waals surface area contributed by atoms with Crippen LogP contribution in [0.25, 0.3) is 33.5 Å². The number of nitrogen functional groups attached to an aromatic ring is 1. The topological polar surface area (TPSA) is 107 Å². The summed E-state index contributed by atoms with van der Waals surface area (Å²) in [6, 6.07) is 6.58. The lowest BCUT2D eigenvalue weighted by Gasteiger charge is -2.05. The van der Waals surface area contributed by atoms with E-state index in [2.05, 4.69) is 15.0 Å². The van der Waals surface area contributed by atoms with Gasteiger partial charge in [-0.1, -0.05) is 61.5 Å². The maximum absolute atomic E-state index is 15.2. The molecule has 4 rings (SSSR count). The van der Waals surface area contributed by atoms with Crippen LogP contribution in [0.1, 0.15) is 71.6 Å². The van der Waals surface area contributed by atoms with E-state index in [1.165, 1.54) is 19.5 Å². The highest BCUT2D eigenvalue weighted by Crippen LogP contribution is 2.34. The zero-order valence-electron chi connectivity index (χ0n) is 22.5. The number of carbonyl (C=O) groups is 1. The number of nitrogens with zero attached hydrogens (tertiary/aromatic N) is 2. The summed E-state index contributed by atoms with van der Waals surface area (Å²) >= 11 is 0. The molecule has 0 aliphatic heterocycles. The Balaban J connectivity index is 0.00000132. The minimum absolute atomic E-state index is 0.200. The highest BCUT2D eigenvalue weighted by atomic mass is 19.1. The second kappa shape index (κ2) is 16.0. The van der Waals surface area contributed by atoms with Crippen molar-refractivity contribution in [2.24, 2.45) is 0 Å². The third-order valence-electron chi connectivity index (χ3n) is 4.28. The van der Waals surface area contributed by atoms with Gasteiger partial charge < -0.3 is 19.9 Å². The Morgan fingerprint density at radius 2 is 1.60 bits per heavy atom. The molecule has 3 aromatic heterocycles. The molecule has 8 heteroatoms. The molecule has 0 aliphatic carbocycles. The van der Waals surface area contributed by atoms with Gasteiger partial charge >= 0.3 is 5.97 Å². The van der Waals surface area contributed by atoms with E-state index in [1.807, 2.05) is 55.4 Å². The molecule has 35 heavy (non-hydrogen) atoms. The number of aryl methyl sites for hydroxylation is 1. The Kier molecular flexibility index (Phi) is 14.3. The number of hydrogen-bond acceptors (Lipinski definition) is 6. The number of carbonyl (C=O) groups excluding carboxylic acids is 1. The maximum atomic E-state index is 15.2. The molecule has 0 saturated heterocycles. The molecule has 4 aromatic rings. The Morgan fingerprint density at radius 3 is 2.14 bits per heavy atom. The van der Waals surface area contributed by atoms with Crippen LogP contribution in [-0.2, 0) is 4.74 Å². The van der Waals surface area contributed by atoms with Crippen molar-refractivity contribution in [3.63, 3.8) is 0 Å². The first-order chi connectivity index (χ1) is 17.0. The number of rotatable bonds is 3. The predicted octanol–water partition coefficient (Wildman–Crippen LogP) is 7.81. The standard InChI is InChI=1S/C19H15FN4O3.4C2H6/c1-9-22-8-15(27-9)11-5-3-4-10(16(11)20)14-6-12-13(19(25)26-2)7-23-18(21)17(12)24-14;4*1-2/h3-8,24H,1-2H3,(H2,21,23);4*1-2H3. The number of benzene rings is 1. The summed E-state index contributed by atoms with van der Waals surface area (Å²) < 4.78 is 25.4. The molecule has 3 N–H and O–H groups in total. The number of aromatic amines is 1. The number of methoxy groups -OCH3 is 1. The number of halogens is 1. The van der Waals surface area contributed by atoms with E-state index in [-0.39, 0.29) is 16.9 Å². The van der Waals surface area contributed by atoms with Gasteiger partial charge in [-0.15, -0.1) is 0 Å². The Morgan fingerprint density at radius 1 is 1.00 bits per heavy atom. The van der Waals surface area contributed by atoms with Crippen molar-refractivity contribution < 1.29 is 18.3 Å². The van der Waals surface area contributed by atoms with Crippen molar-refractivity contribution in [2.45, 2.75) is 62.3 Å². The lowest BCUT2D eigenvalue weighted by molar-refractivity contribution is 0.0602. The van der Waals surface area contributed by atoms with Crippen LogP contribution in [-0.4, -0.2) is 28.0 Å². The second-order valence-electron chi connectivity index (χ2n) is 5.93. The summed E-state index contributed by atoms with van der Waals surface area (Å²) in [6.45, 7) is 17.7. The fraction of sp³-hybridized carbons (Fsp3) is 0.370. The minimum atomic E-state index is -0.551. The predicted molar refractivity (Wildman–Crippen MR) is 143 cm³/mol. The van der Waals surface area contributed by atoms with Gasteiger partial charge in [-0.3, -0.25) is 0 Å². The number of H-pyrrole nitrogens is 1. The zero-order valence-corrected chi connectivity index (χ0v) is 22.5. The molecule has 0 saturated carbocycles. The third-order valence-corrected chi connectivity index (χ3v) is 4.28. The van der Waals surface area contributed by atoms with Crippen molar-refractivity contribution >= 4 is 22.7 Å². The molecule has 0 radical (unpaired) electrons. The summed E-state index contributed by atoms with van der Waals surface area (Å²) in [4.78, 5) is 23.0. The average Bonchev–Trinajstić information content (AvgIpc) is 3.56. The van der Waals surface area contributed by atoms with Gasteiger partial charge in [0, 0.05) is 29.8 Å². The SMILES string of the molecule is CC.CC.CC.CC.COC(=O)c1cnc(N)c2[nH]c(-c3cccc(-c4cnc(C)o4)c3F)cc12. The summed E-state index contributed by atoms with van der Waals surface area (Å²) in [5.74, 6) is -0.0523. The van der Waals surface area contributed by atoms with Crippen molar-refractivity contribution in [3.8, 4) is 22.6 Å². The third kappa shape index (κ3) is 7.15. The van der Waals surface area contributed by atoms with Gasteiger partial charge in [0.1, 0.15) is 11.6 Å². The summed E-state index contributed by atoms with van der Waals surface area (Å²) in [5, 5.41) is 0.504. The van der Waals surface area contributed by atoms with E-state index in [1.54, 1.807) is 31.2 Å². The zero-order chi connectivity index (χ0) is 27.1. The lowest BCUT2D eigenvalue weighted by atomic mass is 10.0. The number of aromatic nitrogens is 3. The van der Waals surface area contributed by atoms with Gasteiger partial charge in [-0.25, -0.2) is 19.2 Å². The fourth-order valence-corrected chi connectivity index (χ4v) is 2.97. The maximum Gasteiger partial charge on any atom is 0.340 e. The first kappa shape index (κ1) is 31.3. The Hall–Kier alpha value is -3.68. The number of anilines is 1. The van der Waals surface area contributed by atoms with Gasteiger partial charge in [0.25, 0.3) is 0 Å². The molecule has 1 aromatic carbocycles. The largest absolute Gasteiger partial charge is 0.465 e. The molecular weight excluding hydrogens is 447 g/mol. The van der Waals surface area contributed by atoms with Crippen LogP contribution < -0.4 is 5.73 Å². The number of esters is 1. The van der Waals surface area contributed by atoms with Crippen LogP contribution in [0.3, 0.4) is 0 Å². The van der Waals surface area contributed by atoms with E-state index in [4.69, 9.17) is 14.9 Å². The average molecular weight is 487 g/mol. The number of ether oxygens (including phenoxy) is 1. The monoisotopic (exact) mass is 486 g/mol. The number of oxazole rings is 1. The van der Waals surface area contributed by atoms with Crippen LogP contribution in [0.15, 0.2) is 41.1 Å². The Labute approximate surface area is 207 Å². The minimum Gasteiger partial charge on any atom is -0.465 e. The molecule has 0 unspecified atom stereocenters. The number of hydrogen-bond donors (Lipinski definition) is 2. The van der Waals surface area contributed by atoms with E-state index in [9.17, 15) is 4.79 Å². The Bertz CT molecular complexity index is 1180. The molecule has 0 amide bonds. The molecule has 0 bridgehead atoms. The van der Waals surface area contributed by atoms with Crippen LogP contribution in [0.4, 0.5) is 10.2 Å². The van der Waals surface area contributed by atoms with Gasteiger partial charge in [0.05, 0.1) is 30.0 Å². The number of fused-ring (bicyclic) bond motifs is 1. The normalized spacial score (nSPS) is 9.23. The number of nitrogens with two attached hydrogens (primary N) is 1. The first-order valence-corrected chi connectivity index (χ1v) is 12.1. The second-order valence-corrected chi connectivity index (χ2v) is 5.93. The van der Waals surface area contributed by atoms with E-state index in [0.717, 1.165) is 0 Å². The van der Waals surface area contributed by atoms with Crippen molar-refractivity contribution in [1.82, 2.24) is 15.0 Å². The lowest BCUT2D eigenvalue weighted by Crippen LogP contribution is -2.03. The number of pyridine rings is 1. The smallest absolute Gasteiger partial charge is 0.340 e. The van der Waals surface area contributed by atoms with Gasteiger partial charge in [0.15, 0.2) is 11.7 Å². The van der Waals surface area contributed by atoms with Crippen LogP contribution in [0.5, 0.6) is 0 Å². The van der Waals surface area contributed by atoms with Crippen molar-refractivity contribution in [2.75, 3.05) is 12.8 Å². The van der Waals surface area contributed by atoms with Gasteiger partial charge in [-0.05, 0) is 18.2 Å². The van der Waals surface area contributed by atoms with Crippen molar-refractivity contribution in [1.29, 1.82) is 0 Å². The molecule has 192 valence electrons. The number of nitrogens with one attached hydrogen (secondary N) is 1. The molecular formula is C27H39FN4O3. The van der Waals surface area contributed by atoms with Crippen molar-refractivity contribution in [3.05, 3.63) is 53.9 Å². The van der Waals surface area contributed by atoms with E-state index < -0.39 is 11.8 Å². The molecule has 7 nitrogen and oxygen atoms in total. The quantitative estimate of drug-likeness (QED) is 0.286. The highest BCUT2D eigenvalue weighted by Gasteiger charge is 2.19. The van der Waals surface area contributed by atoms with E-state index in [0.29, 0.717) is 33.8 Å². The summed E-state index contributed by atoms with van der Waals surface area (Å²) in [5.41, 5.74) is 7.62. The van der Waals surface area contributed by atoms with E-state index >= 15 is 4.39 Å². The highest BCUT2D eigenvalue weighted by molar-refractivity contribution is 6.07. The molecule has 0 aliphatic rings. The fourth-order valence-electron chi connectivity index (χ4n) is 2.97. The van der Waals surface area contributed by atoms with Gasteiger partial charge in [-0.2, -0.15) is 0 Å².